The molecule has 2 rings (SSSR count). The Hall–Kier alpha value is -0.940. The van der Waals surface area contributed by atoms with Crippen LogP contribution in [0.1, 0.15) is 36.0 Å². The summed E-state index contributed by atoms with van der Waals surface area (Å²) in [6.45, 7) is 3.94. The van der Waals surface area contributed by atoms with Gasteiger partial charge in [0.2, 0.25) is 0 Å². The highest BCUT2D eigenvalue weighted by atomic mass is 32.1. The maximum Gasteiger partial charge on any atom is 0.305 e. The van der Waals surface area contributed by atoms with E-state index in [1.807, 2.05) is 12.3 Å². The highest BCUT2D eigenvalue weighted by molar-refractivity contribution is 7.09. The Morgan fingerprint density at radius 2 is 2.31 bits per heavy atom. The van der Waals surface area contributed by atoms with Crippen LogP contribution < -0.4 is 0 Å². The summed E-state index contributed by atoms with van der Waals surface area (Å²) >= 11 is 1.57. The zero-order chi connectivity index (χ0) is 11.5. The molecular formula is C11H16N2O2S. The monoisotopic (exact) mass is 240 g/mol. The molecule has 0 bridgehead atoms. The van der Waals surface area contributed by atoms with Crippen molar-refractivity contribution >= 4 is 17.3 Å². The number of rotatable bonds is 4. The highest BCUT2D eigenvalue weighted by Gasteiger charge is 2.27. The van der Waals surface area contributed by atoms with Crippen LogP contribution in [0.5, 0.6) is 0 Å². The van der Waals surface area contributed by atoms with Crippen molar-refractivity contribution < 1.29 is 9.90 Å². The van der Waals surface area contributed by atoms with Crippen LogP contribution in [0.3, 0.4) is 0 Å². The van der Waals surface area contributed by atoms with Crippen LogP contribution in [0.4, 0.5) is 0 Å². The van der Waals surface area contributed by atoms with Crippen molar-refractivity contribution in [2.24, 2.45) is 0 Å². The van der Waals surface area contributed by atoms with Crippen LogP contribution in [-0.2, 0) is 4.79 Å². The van der Waals surface area contributed by atoms with Crippen molar-refractivity contribution in [3.05, 3.63) is 16.1 Å². The third-order valence-corrected chi connectivity index (χ3v) is 3.94. The summed E-state index contributed by atoms with van der Waals surface area (Å²) in [5, 5.41) is 11.9. The predicted octanol–water partition coefficient (Wildman–Crippen LogP) is 2.06. The predicted molar refractivity (Wildman–Crippen MR) is 62.7 cm³/mol. The zero-order valence-corrected chi connectivity index (χ0v) is 10.2. The molecule has 1 fully saturated rings. The molecule has 0 saturated carbocycles. The Morgan fingerprint density at radius 1 is 1.62 bits per heavy atom. The molecule has 5 heteroatoms. The molecule has 1 aromatic rings. The number of aromatic nitrogens is 1. The van der Waals surface area contributed by atoms with Gasteiger partial charge in [-0.25, -0.2) is 4.98 Å². The second kappa shape index (κ2) is 4.93. The lowest BCUT2D eigenvalue weighted by Crippen LogP contribution is -2.27. The Balaban J connectivity index is 2.16. The minimum absolute atomic E-state index is 0.0290. The Morgan fingerprint density at radius 3 is 2.81 bits per heavy atom. The lowest BCUT2D eigenvalue weighted by Gasteiger charge is -2.24. The number of hydrogen-bond acceptors (Lipinski definition) is 4. The maximum atomic E-state index is 10.9. The summed E-state index contributed by atoms with van der Waals surface area (Å²) in [6, 6.07) is -0.0290. The SMILES string of the molecule is Cc1csc(C(CC(=O)O)N2CCCC2)n1. The van der Waals surface area contributed by atoms with E-state index < -0.39 is 5.97 Å². The number of thiazole rings is 1. The average Bonchev–Trinajstić information content (AvgIpc) is 2.84. The van der Waals surface area contributed by atoms with Gasteiger partial charge in [0.25, 0.3) is 0 Å². The van der Waals surface area contributed by atoms with Crippen LogP contribution in [0.15, 0.2) is 5.38 Å². The van der Waals surface area contributed by atoms with E-state index in [0.29, 0.717) is 0 Å². The molecule has 0 amide bonds. The van der Waals surface area contributed by atoms with E-state index in [2.05, 4.69) is 9.88 Å². The van der Waals surface area contributed by atoms with E-state index in [1.165, 1.54) is 12.8 Å². The van der Waals surface area contributed by atoms with Crippen LogP contribution >= 0.6 is 11.3 Å². The first-order valence-electron chi connectivity index (χ1n) is 5.54. The molecule has 1 N–H and O–H groups in total. The number of aryl methyl sites for hydroxylation is 1. The lowest BCUT2D eigenvalue weighted by atomic mass is 10.2. The van der Waals surface area contributed by atoms with Gasteiger partial charge in [-0.2, -0.15) is 0 Å². The Bertz CT molecular complexity index is 372. The number of carboxylic acid groups (broad SMARTS) is 1. The van der Waals surface area contributed by atoms with Gasteiger partial charge in [-0.15, -0.1) is 11.3 Å². The molecular weight excluding hydrogens is 224 g/mol. The average molecular weight is 240 g/mol. The second-order valence-electron chi connectivity index (χ2n) is 4.18. The molecule has 1 aromatic heterocycles. The molecule has 88 valence electrons. The number of carboxylic acids is 1. The molecule has 1 unspecified atom stereocenters. The summed E-state index contributed by atoms with van der Waals surface area (Å²) in [5.41, 5.74) is 0.981. The largest absolute Gasteiger partial charge is 0.481 e. The summed E-state index contributed by atoms with van der Waals surface area (Å²) in [7, 11) is 0. The standard InChI is InChI=1S/C11H16N2O2S/c1-8-7-16-11(12-8)9(6-10(14)15)13-4-2-3-5-13/h7,9H,2-6H2,1H3,(H,14,15). The minimum atomic E-state index is -0.746. The van der Waals surface area contributed by atoms with Gasteiger partial charge in [-0.05, 0) is 32.9 Å². The summed E-state index contributed by atoms with van der Waals surface area (Å²) < 4.78 is 0. The molecule has 1 aliphatic heterocycles. The molecule has 2 heterocycles. The number of carbonyl (C=O) groups is 1. The number of hydrogen-bond donors (Lipinski definition) is 1. The smallest absolute Gasteiger partial charge is 0.305 e. The van der Waals surface area contributed by atoms with Gasteiger partial charge in [-0.3, -0.25) is 9.69 Å². The first-order valence-corrected chi connectivity index (χ1v) is 6.42. The zero-order valence-electron chi connectivity index (χ0n) is 9.35. The van der Waals surface area contributed by atoms with Crippen molar-refractivity contribution in [2.45, 2.75) is 32.2 Å². The third kappa shape index (κ3) is 2.59. The topological polar surface area (TPSA) is 53.4 Å². The number of aliphatic carboxylic acids is 1. The molecule has 1 atom stereocenters. The first kappa shape index (κ1) is 11.5. The summed E-state index contributed by atoms with van der Waals surface area (Å²) in [4.78, 5) is 17.6. The molecule has 0 aromatic carbocycles. The fraction of sp³-hybridized carbons (Fsp3) is 0.636. The number of likely N-dealkylation sites (tertiary alicyclic amines) is 1. The first-order chi connectivity index (χ1) is 7.66. The molecule has 0 spiro atoms. The van der Waals surface area contributed by atoms with Crippen molar-refractivity contribution in [2.75, 3.05) is 13.1 Å². The van der Waals surface area contributed by atoms with Crippen LogP contribution in [-0.4, -0.2) is 34.0 Å². The van der Waals surface area contributed by atoms with Crippen LogP contribution in [0, 0.1) is 6.92 Å². The van der Waals surface area contributed by atoms with Crippen molar-refractivity contribution in [3.8, 4) is 0 Å². The van der Waals surface area contributed by atoms with Crippen molar-refractivity contribution in [1.82, 2.24) is 9.88 Å². The van der Waals surface area contributed by atoms with E-state index in [9.17, 15) is 4.79 Å². The maximum absolute atomic E-state index is 10.9. The van der Waals surface area contributed by atoms with Crippen LogP contribution in [0.2, 0.25) is 0 Å². The Labute approximate surface area is 98.9 Å². The van der Waals surface area contributed by atoms with Gasteiger partial charge in [0, 0.05) is 11.1 Å². The number of nitrogens with zero attached hydrogens (tertiary/aromatic N) is 2. The summed E-state index contributed by atoms with van der Waals surface area (Å²) in [6.07, 6.45) is 2.49. The summed E-state index contributed by atoms with van der Waals surface area (Å²) in [5.74, 6) is -0.746. The molecule has 1 aliphatic rings. The van der Waals surface area contributed by atoms with E-state index in [1.54, 1.807) is 11.3 Å². The van der Waals surface area contributed by atoms with E-state index in [0.717, 1.165) is 23.8 Å². The van der Waals surface area contributed by atoms with Gasteiger partial charge in [0.05, 0.1) is 12.5 Å². The van der Waals surface area contributed by atoms with E-state index in [4.69, 9.17) is 5.11 Å². The van der Waals surface area contributed by atoms with Gasteiger partial charge >= 0.3 is 5.97 Å². The molecule has 0 aliphatic carbocycles. The van der Waals surface area contributed by atoms with Gasteiger partial charge in [-0.1, -0.05) is 0 Å². The minimum Gasteiger partial charge on any atom is -0.481 e. The fourth-order valence-corrected chi connectivity index (χ4v) is 3.05. The quantitative estimate of drug-likeness (QED) is 0.875. The molecule has 4 nitrogen and oxygen atoms in total. The van der Waals surface area contributed by atoms with Crippen LogP contribution in [0.25, 0.3) is 0 Å². The van der Waals surface area contributed by atoms with Crippen molar-refractivity contribution in [3.63, 3.8) is 0 Å². The normalized spacial score (nSPS) is 18.8. The van der Waals surface area contributed by atoms with Gasteiger partial charge in [0.15, 0.2) is 0 Å². The van der Waals surface area contributed by atoms with Gasteiger partial charge in [0.1, 0.15) is 5.01 Å². The third-order valence-electron chi connectivity index (χ3n) is 2.87. The van der Waals surface area contributed by atoms with E-state index >= 15 is 0 Å². The van der Waals surface area contributed by atoms with Gasteiger partial charge < -0.3 is 5.11 Å². The van der Waals surface area contributed by atoms with E-state index in [-0.39, 0.29) is 12.5 Å². The molecule has 16 heavy (non-hydrogen) atoms. The Kier molecular flexibility index (Phi) is 3.56. The molecule has 0 radical (unpaired) electrons. The lowest BCUT2D eigenvalue weighted by molar-refractivity contribution is -0.138. The molecule has 1 saturated heterocycles. The highest BCUT2D eigenvalue weighted by Crippen LogP contribution is 2.30. The second-order valence-corrected chi connectivity index (χ2v) is 5.07. The fourth-order valence-electron chi connectivity index (χ4n) is 2.12. The van der Waals surface area contributed by atoms with Crippen molar-refractivity contribution in [1.29, 1.82) is 0 Å².